The average molecular weight is 344 g/mol. The molecule has 2 fully saturated rings. The first-order valence-corrected chi connectivity index (χ1v) is 9.42. The number of hydrogen-bond acceptors (Lipinski definition) is 6. The molecule has 4 heterocycles. The summed E-state index contributed by atoms with van der Waals surface area (Å²) in [6.07, 6.45) is 4.79. The second-order valence-corrected chi connectivity index (χ2v) is 8.37. The van der Waals surface area contributed by atoms with E-state index in [1.807, 2.05) is 29.8 Å². The van der Waals surface area contributed by atoms with Crippen LogP contribution in [0.2, 0.25) is 0 Å². The summed E-state index contributed by atoms with van der Waals surface area (Å²) in [5, 5.41) is 0. The van der Waals surface area contributed by atoms with E-state index in [0.29, 0.717) is 0 Å². The Balaban J connectivity index is 1.46. The summed E-state index contributed by atoms with van der Waals surface area (Å²) in [6, 6.07) is 6.35. The van der Waals surface area contributed by atoms with Gasteiger partial charge in [-0.2, -0.15) is 0 Å². The van der Waals surface area contributed by atoms with Crippen molar-refractivity contribution in [1.29, 1.82) is 0 Å². The van der Waals surface area contributed by atoms with Gasteiger partial charge in [-0.25, -0.2) is 9.97 Å². The standard InChI is InChI=1S/C18H24N4OS/c1-15-3-4-16(24-15)11-21-9-10-23-14-18(12-21)5-8-22(13-18)17-19-6-2-7-20-17/h2-4,6-7H,5,8-14H2,1H3. The Bertz CT molecular complexity index is 677. The van der Waals surface area contributed by atoms with Crippen LogP contribution in [0.25, 0.3) is 0 Å². The van der Waals surface area contributed by atoms with Crippen molar-refractivity contribution in [2.75, 3.05) is 44.3 Å². The van der Waals surface area contributed by atoms with Crippen LogP contribution in [0.4, 0.5) is 5.95 Å². The number of aryl methyl sites for hydroxylation is 1. The van der Waals surface area contributed by atoms with E-state index in [9.17, 15) is 0 Å². The predicted octanol–water partition coefficient (Wildman–Crippen LogP) is 2.58. The molecule has 2 aliphatic heterocycles. The van der Waals surface area contributed by atoms with Gasteiger partial charge in [0.15, 0.2) is 0 Å². The van der Waals surface area contributed by atoms with E-state index in [0.717, 1.165) is 58.3 Å². The Morgan fingerprint density at radius 2 is 2.08 bits per heavy atom. The van der Waals surface area contributed by atoms with E-state index < -0.39 is 0 Å². The second-order valence-electron chi connectivity index (χ2n) is 7.00. The van der Waals surface area contributed by atoms with E-state index in [1.165, 1.54) is 9.75 Å². The largest absolute Gasteiger partial charge is 0.379 e. The maximum atomic E-state index is 5.98. The van der Waals surface area contributed by atoms with Gasteiger partial charge in [-0.05, 0) is 31.5 Å². The Morgan fingerprint density at radius 3 is 2.88 bits per heavy atom. The molecule has 0 radical (unpaired) electrons. The van der Waals surface area contributed by atoms with Gasteiger partial charge in [-0.3, -0.25) is 4.90 Å². The second kappa shape index (κ2) is 6.78. The quantitative estimate of drug-likeness (QED) is 0.856. The van der Waals surface area contributed by atoms with Crippen molar-refractivity contribution >= 4 is 17.3 Å². The van der Waals surface area contributed by atoms with Crippen molar-refractivity contribution in [2.45, 2.75) is 19.9 Å². The molecule has 1 unspecified atom stereocenters. The van der Waals surface area contributed by atoms with Gasteiger partial charge < -0.3 is 9.64 Å². The Labute approximate surface area is 147 Å². The number of aromatic nitrogens is 2. The Kier molecular flexibility index (Phi) is 4.52. The van der Waals surface area contributed by atoms with Gasteiger partial charge in [0, 0.05) is 60.3 Å². The lowest BCUT2D eigenvalue weighted by Gasteiger charge is -2.31. The molecule has 2 saturated heterocycles. The van der Waals surface area contributed by atoms with Gasteiger partial charge in [0.05, 0.1) is 13.2 Å². The van der Waals surface area contributed by atoms with Crippen LogP contribution >= 0.6 is 11.3 Å². The van der Waals surface area contributed by atoms with Crippen LogP contribution < -0.4 is 4.90 Å². The fraction of sp³-hybridized carbons (Fsp3) is 0.556. The van der Waals surface area contributed by atoms with Crippen LogP contribution in [0.5, 0.6) is 0 Å². The zero-order chi connectivity index (χ0) is 16.4. The van der Waals surface area contributed by atoms with Gasteiger partial charge in [0.1, 0.15) is 0 Å². The summed E-state index contributed by atoms with van der Waals surface area (Å²) in [4.78, 5) is 16.5. The number of thiophene rings is 1. The van der Waals surface area contributed by atoms with Crippen LogP contribution in [0.1, 0.15) is 16.2 Å². The smallest absolute Gasteiger partial charge is 0.225 e. The molecule has 0 bridgehead atoms. The molecule has 24 heavy (non-hydrogen) atoms. The zero-order valence-electron chi connectivity index (χ0n) is 14.1. The molecule has 0 N–H and O–H groups in total. The molecule has 128 valence electrons. The third-order valence-corrected chi connectivity index (χ3v) is 5.95. The molecule has 1 atom stereocenters. The summed E-state index contributed by atoms with van der Waals surface area (Å²) in [5.41, 5.74) is 0.196. The van der Waals surface area contributed by atoms with Crippen LogP contribution in [0.3, 0.4) is 0 Å². The SMILES string of the molecule is Cc1ccc(CN2CCOCC3(CCN(c4ncccn4)C3)C2)s1. The number of rotatable bonds is 3. The minimum Gasteiger partial charge on any atom is -0.379 e. The molecule has 1 spiro atoms. The predicted molar refractivity (Wildman–Crippen MR) is 96.4 cm³/mol. The fourth-order valence-corrected chi connectivity index (χ4v) is 4.75. The fourth-order valence-electron chi connectivity index (χ4n) is 3.81. The summed E-state index contributed by atoms with van der Waals surface area (Å²) < 4.78 is 5.98. The lowest BCUT2D eigenvalue weighted by molar-refractivity contribution is 0.0798. The number of ether oxygens (including phenoxy) is 1. The molecular weight excluding hydrogens is 320 g/mol. The van der Waals surface area contributed by atoms with Crippen molar-refractivity contribution in [3.63, 3.8) is 0 Å². The highest BCUT2D eigenvalue weighted by molar-refractivity contribution is 7.11. The van der Waals surface area contributed by atoms with Crippen LogP contribution in [-0.2, 0) is 11.3 Å². The summed E-state index contributed by atoms with van der Waals surface area (Å²) in [7, 11) is 0. The van der Waals surface area contributed by atoms with Crippen LogP contribution in [0, 0.1) is 12.3 Å². The minimum atomic E-state index is 0.196. The van der Waals surface area contributed by atoms with Crippen molar-refractivity contribution in [2.24, 2.45) is 5.41 Å². The maximum Gasteiger partial charge on any atom is 0.225 e. The van der Waals surface area contributed by atoms with E-state index in [1.54, 1.807) is 0 Å². The molecule has 0 aromatic carbocycles. The van der Waals surface area contributed by atoms with Crippen molar-refractivity contribution in [3.8, 4) is 0 Å². The minimum absolute atomic E-state index is 0.196. The number of anilines is 1. The molecule has 2 aromatic rings. The number of hydrogen-bond donors (Lipinski definition) is 0. The highest BCUT2D eigenvalue weighted by Crippen LogP contribution is 2.35. The molecule has 0 amide bonds. The molecule has 4 rings (SSSR count). The first-order chi connectivity index (χ1) is 11.7. The highest BCUT2D eigenvalue weighted by Gasteiger charge is 2.41. The molecule has 2 aromatic heterocycles. The summed E-state index contributed by atoms with van der Waals surface area (Å²) in [5.74, 6) is 0.846. The normalized spacial score (nSPS) is 25.3. The topological polar surface area (TPSA) is 41.5 Å². The van der Waals surface area contributed by atoms with E-state index >= 15 is 0 Å². The zero-order valence-corrected chi connectivity index (χ0v) is 15.0. The van der Waals surface area contributed by atoms with Gasteiger partial charge in [-0.1, -0.05) is 0 Å². The maximum absolute atomic E-state index is 5.98. The average Bonchev–Trinajstić information content (AvgIpc) is 3.13. The first kappa shape index (κ1) is 16.0. The van der Waals surface area contributed by atoms with Crippen molar-refractivity contribution in [3.05, 3.63) is 40.3 Å². The highest BCUT2D eigenvalue weighted by atomic mass is 32.1. The third kappa shape index (κ3) is 3.45. The van der Waals surface area contributed by atoms with E-state index in [4.69, 9.17) is 4.74 Å². The van der Waals surface area contributed by atoms with Gasteiger partial charge >= 0.3 is 0 Å². The summed E-state index contributed by atoms with van der Waals surface area (Å²) >= 11 is 1.90. The van der Waals surface area contributed by atoms with Gasteiger partial charge in [-0.15, -0.1) is 11.3 Å². The molecule has 5 nitrogen and oxygen atoms in total. The molecule has 6 heteroatoms. The first-order valence-electron chi connectivity index (χ1n) is 8.60. The lowest BCUT2D eigenvalue weighted by Crippen LogP contribution is -2.40. The van der Waals surface area contributed by atoms with Gasteiger partial charge in [0.2, 0.25) is 5.95 Å². The monoisotopic (exact) mass is 344 g/mol. The van der Waals surface area contributed by atoms with Gasteiger partial charge in [0.25, 0.3) is 0 Å². The lowest BCUT2D eigenvalue weighted by atomic mass is 9.87. The van der Waals surface area contributed by atoms with Crippen molar-refractivity contribution < 1.29 is 4.74 Å². The molecule has 0 aliphatic carbocycles. The molecular formula is C18H24N4OS. The Morgan fingerprint density at radius 1 is 1.21 bits per heavy atom. The van der Waals surface area contributed by atoms with Crippen LogP contribution in [0.15, 0.2) is 30.6 Å². The third-order valence-electron chi connectivity index (χ3n) is 4.97. The van der Waals surface area contributed by atoms with E-state index in [2.05, 4.69) is 38.8 Å². The van der Waals surface area contributed by atoms with E-state index in [-0.39, 0.29) is 5.41 Å². The summed E-state index contributed by atoms with van der Waals surface area (Å²) in [6.45, 7) is 8.98. The van der Waals surface area contributed by atoms with Crippen LogP contribution in [-0.4, -0.2) is 54.3 Å². The number of nitrogens with zero attached hydrogens (tertiary/aromatic N) is 4. The Hall–Kier alpha value is -1.50. The molecule has 2 aliphatic rings. The van der Waals surface area contributed by atoms with Crippen molar-refractivity contribution in [1.82, 2.24) is 14.9 Å². The molecule has 0 saturated carbocycles.